The monoisotopic (exact) mass is 653 g/mol. The minimum atomic E-state index is -0.125. The predicted octanol–water partition coefficient (Wildman–Crippen LogP) is 13.8. The predicted molar refractivity (Wildman–Crippen MR) is 214 cm³/mol. The van der Waals surface area contributed by atoms with E-state index >= 15 is 0 Å². The molecular formula is C49H35NO. The SMILES string of the molecule is CC1(C)c2ccccc2-c2c(N(c3ccc(-c4ccccc4)cc3)c3cccc4c3oc3c(-c5ccccc5)cc5ccccc5c34)cccc21. The summed E-state index contributed by atoms with van der Waals surface area (Å²) in [5.41, 5.74) is 14.7. The van der Waals surface area contributed by atoms with Crippen molar-refractivity contribution in [1.29, 1.82) is 0 Å². The van der Waals surface area contributed by atoms with Crippen molar-refractivity contribution in [3.05, 3.63) is 187 Å². The standard InChI is InChI=1S/C49H35NO/c1-49(2)41-23-12-11-21-38(41)46-42(49)24-14-25-43(46)50(36-29-27-33(28-30-36)32-15-5-3-6-16-32)44-26-13-22-39-45-37-20-10-9-19-35(37)31-40(48(45)51-47(39)44)34-17-7-4-8-18-34/h3-31H,1-2H3. The van der Waals surface area contributed by atoms with Crippen LogP contribution in [-0.4, -0.2) is 0 Å². The van der Waals surface area contributed by atoms with Crippen LogP contribution < -0.4 is 4.90 Å². The summed E-state index contributed by atoms with van der Waals surface area (Å²) in [4.78, 5) is 2.42. The van der Waals surface area contributed by atoms with Crippen molar-refractivity contribution in [1.82, 2.24) is 0 Å². The van der Waals surface area contributed by atoms with Crippen LogP contribution in [0.25, 0.3) is 66.1 Å². The lowest BCUT2D eigenvalue weighted by atomic mass is 9.82. The number of furan rings is 1. The first kappa shape index (κ1) is 29.5. The van der Waals surface area contributed by atoms with E-state index in [4.69, 9.17) is 4.42 Å². The lowest BCUT2D eigenvalue weighted by molar-refractivity contribution is 0.660. The third-order valence-electron chi connectivity index (χ3n) is 10.9. The first-order valence-electron chi connectivity index (χ1n) is 17.7. The summed E-state index contributed by atoms with van der Waals surface area (Å²) in [6, 6.07) is 63.4. The van der Waals surface area contributed by atoms with Gasteiger partial charge in [-0.3, -0.25) is 0 Å². The first-order valence-corrected chi connectivity index (χ1v) is 17.7. The van der Waals surface area contributed by atoms with Gasteiger partial charge >= 0.3 is 0 Å². The molecule has 8 aromatic carbocycles. The van der Waals surface area contributed by atoms with E-state index in [-0.39, 0.29) is 5.41 Å². The topological polar surface area (TPSA) is 16.4 Å². The molecule has 0 atom stereocenters. The summed E-state index contributed by atoms with van der Waals surface area (Å²) >= 11 is 0. The van der Waals surface area contributed by atoms with Crippen LogP contribution >= 0.6 is 0 Å². The van der Waals surface area contributed by atoms with Crippen LogP contribution in [0.4, 0.5) is 17.1 Å². The van der Waals surface area contributed by atoms with Gasteiger partial charge < -0.3 is 9.32 Å². The molecule has 0 amide bonds. The molecule has 0 spiro atoms. The van der Waals surface area contributed by atoms with Crippen molar-refractivity contribution in [2.75, 3.05) is 4.90 Å². The Labute approximate surface area is 297 Å². The molecule has 9 aromatic rings. The fraction of sp³-hybridized carbons (Fsp3) is 0.0612. The van der Waals surface area contributed by atoms with Gasteiger partial charge in [-0.15, -0.1) is 0 Å². The second-order valence-electron chi connectivity index (χ2n) is 14.1. The molecule has 1 aliphatic carbocycles. The zero-order valence-corrected chi connectivity index (χ0v) is 28.6. The van der Waals surface area contributed by atoms with Crippen molar-refractivity contribution in [2.24, 2.45) is 0 Å². The number of hydrogen-bond donors (Lipinski definition) is 0. The molecule has 1 aromatic heterocycles. The van der Waals surface area contributed by atoms with Crippen molar-refractivity contribution in [2.45, 2.75) is 19.3 Å². The summed E-state index contributed by atoms with van der Waals surface area (Å²) < 4.78 is 7.18. The quantitative estimate of drug-likeness (QED) is 0.184. The molecule has 0 unspecified atom stereocenters. The van der Waals surface area contributed by atoms with E-state index in [0.717, 1.165) is 50.1 Å². The molecule has 51 heavy (non-hydrogen) atoms. The van der Waals surface area contributed by atoms with E-state index in [9.17, 15) is 0 Å². The molecule has 2 nitrogen and oxygen atoms in total. The molecule has 0 saturated carbocycles. The summed E-state index contributed by atoms with van der Waals surface area (Å²) in [7, 11) is 0. The molecule has 0 saturated heterocycles. The molecule has 242 valence electrons. The van der Waals surface area contributed by atoms with Gasteiger partial charge in [0.05, 0.1) is 11.4 Å². The fourth-order valence-electron chi connectivity index (χ4n) is 8.40. The van der Waals surface area contributed by atoms with Crippen LogP contribution in [0.2, 0.25) is 0 Å². The Morgan fingerprint density at radius 2 is 1.06 bits per heavy atom. The number of fused-ring (bicyclic) bond motifs is 8. The van der Waals surface area contributed by atoms with Gasteiger partial charge in [-0.25, -0.2) is 0 Å². The van der Waals surface area contributed by atoms with Crippen LogP contribution in [0.1, 0.15) is 25.0 Å². The van der Waals surface area contributed by atoms with Gasteiger partial charge in [0.2, 0.25) is 0 Å². The van der Waals surface area contributed by atoms with Gasteiger partial charge in [0, 0.05) is 33.0 Å². The highest BCUT2D eigenvalue weighted by atomic mass is 16.3. The zero-order valence-electron chi connectivity index (χ0n) is 28.6. The Morgan fingerprint density at radius 3 is 1.86 bits per heavy atom. The number of rotatable bonds is 5. The maximum Gasteiger partial charge on any atom is 0.159 e. The van der Waals surface area contributed by atoms with E-state index < -0.39 is 0 Å². The van der Waals surface area contributed by atoms with E-state index in [2.05, 4.69) is 195 Å². The van der Waals surface area contributed by atoms with Gasteiger partial charge in [-0.1, -0.05) is 159 Å². The summed E-state index contributed by atoms with van der Waals surface area (Å²) in [5.74, 6) is 0. The second-order valence-corrected chi connectivity index (χ2v) is 14.1. The van der Waals surface area contributed by atoms with E-state index in [1.165, 1.54) is 44.2 Å². The van der Waals surface area contributed by atoms with Gasteiger partial charge in [-0.2, -0.15) is 0 Å². The molecule has 0 N–H and O–H groups in total. The normalized spacial score (nSPS) is 13.1. The number of nitrogens with zero attached hydrogens (tertiary/aromatic N) is 1. The number of hydrogen-bond acceptors (Lipinski definition) is 2. The Kier molecular flexibility index (Phi) is 6.56. The molecule has 1 heterocycles. The minimum Gasteiger partial charge on any atom is -0.453 e. The van der Waals surface area contributed by atoms with Gasteiger partial charge in [0.15, 0.2) is 5.58 Å². The van der Waals surface area contributed by atoms with Crippen molar-refractivity contribution >= 4 is 49.8 Å². The minimum absolute atomic E-state index is 0.125. The Bertz CT molecular complexity index is 2760. The third kappa shape index (κ3) is 4.50. The molecule has 1 aliphatic rings. The van der Waals surface area contributed by atoms with Gasteiger partial charge in [0.1, 0.15) is 5.58 Å². The lowest BCUT2D eigenvalue weighted by Gasteiger charge is -2.29. The van der Waals surface area contributed by atoms with Crippen LogP contribution in [0, 0.1) is 0 Å². The smallest absolute Gasteiger partial charge is 0.159 e. The van der Waals surface area contributed by atoms with Crippen LogP contribution in [0.3, 0.4) is 0 Å². The van der Waals surface area contributed by atoms with Gasteiger partial charge in [0.25, 0.3) is 0 Å². The van der Waals surface area contributed by atoms with Crippen molar-refractivity contribution in [3.63, 3.8) is 0 Å². The summed E-state index contributed by atoms with van der Waals surface area (Å²) in [6.07, 6.45) is 0. The Hall–Kier alpha value is -6.38. The van der Waals surface area contributed by atoms with E-state index in [0.29, 0.717) is 0 Å². The van der Waals surface area contributed by atoms with E-state index in [1.54, 1.807) is 0 Å². The van der Waals surface area contributed by atoms with Crippen LogP contribution in [0.5, 0.6) is 0 Å². The van der Waals surface area contributed by atoms with Crippen LogP contribution in [0.15, 0.2) is 180 Å². The number of benzene rings is 8. The molecule has 0 radical (unpaired) electrons. The molecule has 0 fully saturated rings. The average Bonchev–Trinajstić information content (AvgIpc) is 3.70. The second kappa shape index (κ2) is 11.3. The summed E-state index contributed by atoms with van der Waals surface area (Å²) in [5, 5.41) is 4.65. The number of anilines is 3. The molecule has 10 rings (SSSR count). The van der Waals surface area contributed by atoms with Crippen molar-refractivity contribution < 1.29 is 4.42 Å². The van der Waals surface area contributed by atoms with Gasteiger partial charge in [-0.05, 0) is 74.5 Å². The van der Waals surface area contributed by atoms with Crippen molar-refractivity contribution in [3.8, 4) is 33.4 Å². The summed E-state index contributed by atoms with van der Waals surface area (Å²) in [6.45, 7) is 4.69. The highest BCUT2D eigenvalue weighted by molar-refractivity contribution is 6.24. The van der Waals surface area contributed by atoms with Crippen LogP contribution in [-0.2, 0) is 5.41 Å². The maximum atomic E-state index is 7.18. The Morgan fingerprint density at radius 1 is 0.451 bits per heavy atom. The largest absolute Gasteiger partial charge is 0.453 e. The maximum absolute atomic E-state index is 7.18. The molecule has 0 aliphatic heterocycles. The molecular weight excluding hydrogens is 619 g/mol. The zero-order chi connectivity index (χ0) is 34.1. The third-order valence-corrected chi connectivity index (χ3v) is 10.9. The fourth-order valence-corrected chi connectivity index (χ4v) is 8.40. The van der Waals surface area contributed by atoms with E-state index in [1.807, 2.05) is 0 Å². The highest BCUT2D eigenvalue weighted by Crippen LogP contribution is 2.55. The number of para-hydroxylation sites is 1. The highest BCUT2D eigenvalue weighted by Gasteiger charge is 2.38. The molecule has 2 heteroatoms. The first-order chi connectivity index (χ1) is 25.1. The Balaban J connectivity index is 1.28. The average molecular weight is 654 g/mol. The lowest BCUT2D eigenvalue weighted by Crippen LogP contribution is -2.16. The molecule has 0 bridgehead atoms.